The number of piperazine rings is 1. The minimum Gasteiger partial charge on any atom is -0.497 e. The first-order chi connectivity index (χ1) is 12.5. The van der Waals surface area contributed by atoms with Crippen molar-refractivity contribution in [2.45, 2.75) is 0 Å². The van der Waals surface area contributed by atoms with Gasteiger partial charge in [0.25, 0.3) is 11.8 Å². The summed E-state index contributed by atoms with van der Waals surface area (Å²) in [5.74, 6) is 0.984. The van der Waals surface area contributed by atoms with Gasteiger partial charge in [0.05, 0.1) is 23.4 Å². The first-order valence-corrected chi connectivity index (χ1v) is 9.28. The summed E-state index contributed by atoms with van der Waals surface area (Å²) in [6.07, 6.45) is 0. The number of nitrogens with zero attached hydrogens (tertiary/aromatic N) is 2. The van der Waals surface area contributed by atoms with E-state index in [0.29, 0.717) is 52.5 Å². The number of hydrogen-bond acceptors (Lipinski definition) is 5. The lowest BCUT2D eigenvalue weighted by Gasteiger charge is -2.34. The molecule has 0 saturated carbocycles. The first-order valence-electron chi connectivity index (χ1n) is 8.09. The average Bonchev–Trinajstić information content (AvgIpc) is 3.12. The Hall–Kier alpha value is -2.25. The van der Waals surface area contributed by atoms with E-state index in [1.54, 1.807) is 54.4 Å². The minimum absolute atomic E-state index is 0.0444. The number of rotatable bonds is 4. The lowest BCUT2D eigenvalue weighted by Crippen LogP contribution is -2.50. The van der Waals surface area contributed by atoms with Crippen LogP contribution in [0.1, 0.15) is 20.0 Å². The van der Waals surface area contributed by atoms with E-state index in [9.17, 15) is 9.59 Å². The Labute approximate surface area is 160 Å². The summed E-state index contributed by atoms with van der Waals surface area (Å²) in [7, 11) is 3.09. The Balaban J connectivity index is 1.66. The molecule has 6 nitrogen and oxygen atoms in total. The molecule has 0 spiro atoms. The number of ether oxygens (including phenoxy) is 2. The van der Waals surface area contributed by atoms with Crippen molar-refractivity contribution in [1.29, 1.82) is 0 Å². The van der Waals surface area contributed by atoms with Crippen LogP contribution in [0.25, 0.3) is 0 Å². The van der Waals surface area contributed by atoms with Crippen LogP contribution in [0.4, 0.5) is 0 Å². The number of carbonyl (C=O) groups is 2. The van der Waals surface area contributed by atoms with E-state index in [4.69, 9.17) is 21.1 Å². The van der Waals surface area contributed by atoms with Crippen molar-refractivity contribution >= 4 is 34.8 Å². The lowest BCUT2D eigenvalue weighted by atomic mass is 10.1. The van der Waals surface area contributed by atoms with Gasteiger partial charge in [-0.15, -0.1) is 11.3 Å². The summed E-state index contributed by atoms with van der Waals surface area (Å²) < 4.78 is 11.0. The fourth-order valence-electron chi connectivity index (χ4n) is 2.81. The van der Waals surface area contributed by atoms with Gasteiger partial charge in [0.2, 0.25) is 0 Å². The fraction of sp³-hybridized carbons (Fsp3) is 0.333. The maximum Gasteiger partial charge on any atom is 0.264 e. The molecule has 26 heavy (non-hydrogen) atoms. The molecule has 2 heterocycles. The van der Waals surface area contributed by atoms with Gasteiger partial charge in [0.1, 0.15) is 11.5 Å². The van der Waals surface area contributed by atoms with E-state index >= 15 is 0 Å². The highest BCUT2D eigenvalue weighted by atomic mass is 35.5. The van der Waals surface area contributed by atoms with Crippen molar-refractivity contribution in [3.8, 4) is 11.5 Å². The average molecular weight is 395 g/mol. The van der Waals surface area contributed by atoms with Crippen LogP contribution in [-0.2, 0) is 0 Å². The second kappa shape index (κ2) is 7.97. The van der Waals surface area contributed by atoms with Crippen LogP contribution in [0.15, 0.2) is 30.3 Å². The Morgan fingerprint density at radius 2 is 1.46 bits per heavy atom. The van der Waals surface area contributed by atoms with E-state index in [1.165, 1.54) is 11.3 Å². The first kappa shape index (κ1) is 18.5. The molecule has 1 aromatic heterocycles. The molecule has 1 aliphatic rings. The molecule has 3 rings (SSSR count). The predicted octanol–water partition coefficient (Wildman–Crippen LogP) is 3.02. The zero-order valence-electron chi connectivity index (χ0n) is 14.5. The van der Waals surface area contributed by atoms with Crippen LogP contribution < -0.4 is 9.47 Å². The third-order valence-corrected chi connectivity index (χ3v) is 5.46. The van der Waals surface area contributed by atoms with Crippen molar-refractivity contribution in [3.05, 3.63) is 45.1 Å². The normalized spacial score (nSPS) is 14.3. The van der Waals surface area contributed by atoms with Gasteiger partial charge < -0.3 is 19.3 Å². The van der Waals surface area contributed by atoms with Crippen LogP contribution in [0.5, 0.6) is 11.5 Å². The second-order valence-corrected chi connectivity index (χ2v) is 7.50. The molecule has 1 aliphatic heterocycles. The quantitative estimate of drug-likeness (QED) is 0.799. The lowest BCUT2D eigenvalue weighted by molar-refractivity contribution is 0.0538. The van der Waals surface area contributed by atoms with Crippen LogP contribution >= 0.6 is 22.9 Å². The number of thiophene rings is 1. The van der Waals surface area contributed by atoms with E-state index in [2.05, 4.69) is 0 Å². The number of amides is 2. The van der Waals surface area contributed by atoms with E-state index in [1.807, 2.05) is 0 Å². The standard InChI is InChI=1S/C18H19ClN2O4S/c1-24-13-9-12(10-14(11-13)25-2)17(22)20-5-7-21(8-6-20)18(23)15-3-4-16(19)26-15/h3-4,9-11H,5-8H2,1-2H3. The highest BCUT2D eigenvalue weighted by Gasteiger charge is 2.26. The maximum atomic E-state index is 12.8. The van der Waals surface area contributed by atoms with E-state index in [0.717, 1.165) is 0 Å². The largest absolute Gasteiger partial charge is 0.497 e. The third-order valence-electron chi connectivity index (χ3n) is 4.24. The fourth-order valence-corrected chi connectivity index (χ4v) is 3.82. The van der Waals surface area contributed by atoms with Gasteiger partial charge in [0, 0.05) is 37.8 Å². The van der Waals surface area contributed by atoms with Gasteiger partial charge in [-0.25, -0.2) is 0 Å². The van der Waals surface area contributed by atoms with Crippen LogP contribution in [0.2, 0.25) is 4.34 Å². The summed E-state index contributed by atoms with van der Waals surface area (Å²) >= 11 is 7.17. The molecule has 0 radical (unpaired) electrons. The number of benzene rings is 1. The minimum atomic E-state index is -0.103. The number of halogens is 1. The van der Waals surface area contributed by atoms with Crippen molar-refractivity contribution in [1.82, 2.24) is 9.80 Å². The summed E-state index contributed by atoms with van der Waals surface area (Å²) in [4.78, 5) is 29.4. The molecule has 0 atom stereocenters. The Bertz CT molecular complexity index is 793. The highest BCUT2D eigenvalue weighted by molar-refractivity contribution is 7.17. The molecule has 138 valence electrons. The topological polar surface area (TPSA) is 59.1 Å². The third kappa shape index (κ3) is 3.94. The van der Waals surface area contributed by atoms with Crippen molar-refractivity contribution < 1.29 is 19.1 Å². The van der Waals surface area contributed by atoms with Gasteiger partial charge in [-0.1, -0.05) is 11.6 Å². The van der Waals surface area contributed by atoms with Gasteiger partial charge in [0.15, 0.2) is 0 Å². The molecule has 2 amide bonds. The zero-order valence-corrected chi connectivity index (χ0v) is 16.1. The van der Waals surface area contributed by atoms with Gasteiger partial charge in [-0.3, -0.25) is 9.59 Å². The van der Waals surface area contributed by atoms with Gasteiger partial charge in [-0.2, -0.15) is 0 Å². The van der Waals surface area contributed by atoms with Crippen molar-refractivity contribution in [2.24, 2.45) is 0 Å². The SMILES string of the molecule is COc1cc(OC)cc(C(=O)N2CCN(C(=O)c3ccc(Cl)s3)CC2)c1. The Morgan fingerprint density at radius 1 is 0.923 bits per heavy atom. The molecule has 0 aliphatic carbocycles. The summed E-state index contributed by atoms with van der Waals surface area (Å²) in [5.41, 5.74) is 0.506. The summed E-state index contributed by atoms with van der Waals surface area (Å²) in [5, 5.41) is 0. The molecule has 1 aromatic carbocycles. The summed E-state index contributed by atoms with van der Waals surface area (Å²) in [6.45, 7) is 1.93. The van der Waals surface area contributed by atoms with Crippen molar-refractivity contribution in [3.63, 3.8) is 0 Å². The number of carbonyl (C=O) groups excluding carboxylic acids is 2. The molecular weight excluding hydrogens is 376 g/mol. The highest BCUT2D eigenvalue weighted by Crippen LogP contribution is 2.25. The zero-order chi connectivity index (χ0) is 18.7. The summed E-state index contributed by atoms with van der Waals surface area (Å²) in [6, 6.07) is 8.55. The van der Waals surface area contributed by atoms with Gasteiger partial charge >= 0.3 is 0 Å². The van der Waals surface area contributed by atoms with Crippen LogP contribution in [0.3, 0.4) is 0 Å². The Kier molecular flexibility index (Phi) is 5.68. The monoisotopic (exact) mass is 394 g/mol. The molecule has 0 bridgehead atoms. The van der Waals surface area contributed by atoms with Crippen LogP contribution in [0, 0.1) is 0 Å². The molecule has 1 fully saturated rings. The maximum absolute atomic E-state index is 12.8. The number of hydrogen-bond donors (Lipinski definition) is 0. The van der Waals surface area contributed by atoms with Crippen LogP contribution in [-0.4, -0.2) is 62.0 Å². The molecule has 0 N–H and O–H groups in total. The van der Waals surface area contributed by atoms with Gasteiger partial charge in [-0.05, 0) is 24.3 Å². The molecular formula is C18H19ClN2O4S. The molecule has 0 unspecified atom stereocenters. The molecule has 8 heteroatoms. The molecule has 1 saturated heterocycles. The Morgan fingerprint density at radius 3 is 1.92 bits per heavy atom. The smallest absolute Gasteiger partial charge is 0.264 e. The van der Waals surface area contributed by atoms with E-state index < -0.39 is 0 Å². The molecule has 2 aromatic rings. The van der Waals surface area contributed by atoms with Crippen molar-refractivity contribution in [2.75, 3.05) is 40.4 Å². The van der Waals surface area contributed by atoms with E-state index in [-0.39, 0.29) is 11.8 Å². The predicted molar refractivity (Wildman–Crippen MR) is 101 cm³/mol. The number of methoxy groups -OCH3 is 2. The second-order valence-electron chi connectivity index (χ2n) is 5.79.